The largest absolute Gasteiger partial charge is 0.573 e. The van der Waals surface area contributed by atoms with Gasteiger partial charge in [0.15, 0.2) is 11.6 Å². The van der Waals surface area contributed by atoms with Gasteiger partial charge in [-0.1, -0.05) is 20.3 Å². The van der Waals surface area contributed by atoms with E-state index in [0.29, 0.717) is 11.8 Å². The second kappa shape index (κ2) is 9.36. The quantitative estimate of drug-likeness (QED) is 0.463. The molecule has 2 aromatic carbocycles. The van der Waals surface area contributed by atoms with E-state index in [9.17, 15) is 32.3 Å². The van der Waals surface area contributed by atoms with E-state index in [2.05, 4.69) is 4.74 Å². The average Bonchev–Trinajstić information content (AvgIpc) is 3.02. The van der Waals surface area contributed by atoms with Gasteiger partial charge in [-0.2, -0.15) is 0 Å². The summed E-state index contributed by atoms with van der Waals surface area (Å²) in [5.41, 5.74) is 0.623. The topological polar surface area (TPSA) is 80.6 Å². The summed E-state index contributed by atoms with van der Waals surface area (Å²) in [4.78, 5) is 25.5. The van der Waals surface area contributed by atoms with Crippen LogP contribution in [-0.2, 0) is 4.79 Å². The predicted octanol–water partition coefficient (Wildman–Crippen LogP) is 4.56. The van der Waals surface area contributed by atoms with Crippen molar-refractivity contribution in [1.29, 1.82) is 0 Å². The maximum atomic E-state index is 14.6. The summed E-state index contributed by atoms with van der Waals surface area (Å²) in [7, 11) is 1.26. The number of fused-ring (bicyclic) bond motifs is 1. The van der Waals surface area contributed by atoms with Crippen molar-refractivity contribution in [2.75, 3.05) is 7.11 Å². The molecule has 0 aliphatic heterocycles. The fourth-order valence-electron chi connectivity index (χ4n) is 4.05. The summed E-state index contributed by atoms with van der Waals surface area (Å²) >= 11 is 0. The van der Waals surface area contributed by atoms with Crippen molar-refractivity contribution in [3.63, 3.8) is 0 Å². The van der Waals surface area contributed by atoms with Gasteiger partial charge in [0.2, 0.25) is 0 Å². The van der Waals surface area contributed by atoms with Crippen LogP contribution in [-0.4, -0.2) is 29.9 Å². The first-order valence-corrected chi connectivity index (χ1v) is 10.4. The Balaban J connectivity index is 2.23. The first-order chi connectivity index (χ1) is 15.9. The molecule has 1 aromatic heterocycles. The van der Waals surface area contributed by atoms with Crippen LogP contribution in [0, 0.1) is 18.7 Å². The number of alkyl halides is 3. The van der Waals surface area contributed by atoms with Crippen LogP contribution in [0.5, 0.6) is 11.5 Å². The molecular formula is C24H22F4NO5-. The van der Waals surface area contributed by atoms with Crippen molar-refractivity contribution in [3.8, 4) is 11.5 Å². The lowest BCUT2D eigenvalue weighted by Gasteiger charge is -2.25. The van der Waals surface area contributed by atoms with Crippen molar-refractivity contribution < 1.29 is 41.7 Å². The third kappa shape index (κ3) is 4.71. The van der Waals surface area contributed by atoms with Crippen LogP contribution in [0.15, 0.2) is 36.4 Å². The predicted molar refractivity (Wildman–Crippen MR) is 113 cm³/mol. The van der Waals surface area contributed by atoms with Gasteiger partial charge in [0.1, 0.15) is 5.75 Å². The average molecular weight is 480 g/mol. The molecule has 0 N–H and O–H groups in total. The Morgan fingerprint density at radius 1 is 1.15 bits per heavy atom. The molecule has 0 fully saturated rings. The molecule has 0 amide bonds. The third-order valence-electron chi connectivity index (χ3n) is 5.84. The molecule has 0 bridgehead atoms. The Labute approximate surface area is 192 Å². The number of rotatable bonds is 7. The summed E-state index contributed by atoms with van der Waals surface area (Å²) < 4.78 is 61.9. The van der Waals surface area contributed by atoms with Gasteiger partial charge in [0.05, 0.1) is 12.6 Å². The number of nitrogens with zero attached hydrogens (tertiary/aromatic N) is 1. The summed E-state index contributed by atoms with van der Waals surface area (Å²) in [6, 6.07) is 6.63. The zero-order chi connectivity index (χ0) is 25.4. The minimum Gasteiger partial charge on any atom is -0.549 e. The molecule has 0 saturated heterocycles. The molecule has 1 unspecified atom stereocenters. The van der Waals surface area contributed by atoms with Gasteiger partial charge in [-0.3, -0.25) is 9.36 Å². The van der Waals surface area contributed by atoms with Gasteiger partial charge >= 0.3 is 6.36 Å². The van der Waals surface area contributed by atoms with E-state index in [-0.39, 0.29) is 34.0 Å². The number of halogens is 4. The molecule has 0 aliphatic carbocycles. The van der Waals surface area contributed by atoms with E-state index < -0.39 is 35.7 Å². The van der Waals surface area contributed by atoms with Gasteiger partial charge in [-0.15, -0.1) is 13.2 Å². The lowest BCUT2D eigenvalue weighted by molar-refractivity contribution is -0.309. The van der Waals surface area contributed by atoms with E-state index in [1.807, 2.05) is 6.92 Å². The number of benzene rings is 2. The molecule has 0 aliphatic rings. The number of carboxylic acid groups (broad SMARTS) is 1. The van der Waals surface area contributed by atoms with Crippen LogP contribution in [0.2, 0.25) is 0 Å². The first kappa shape index (κ1) is 25.1. The van der Waals surface area contributed by atoms with Gasteiger partial charge in [-0.25, -0.2) is 4.39 Å². The van der Waals surface area contributed by atoms with Crippen molar-refractivity contribution >= 4 is 22.8 Å². The Bertz CT molecular complexity index is 1230. The SMILES string of the molecule is CCC(C)[C@H](C(=O)[O-])c1c(C)n(C(=O)c2ccc(OC(F)(F)F)cc2)c2cc(F)c(OC)cc12. The summed E-state index contributed by atoms with van der Waals surface area (Å²) in [5, 5.41) is 12.4. The second-order valence-electron chi connectivity index (χ2n) is 7.90. The summed E-state index contributed by atoms with van der Waals surface area (Å²) in [6.45, 7) is 5.06. The number of carbonyl (C=O) groups excluding carboxylic acids is 2. The van der Waals surface area contributed by atoms with E-state index in [4.69, 9.17) is 4.74 Å². The highest BCUT2D eigenvalue weighted by atomic mass is 19.4. The van der Waals surface area contributed by atoms with Crippen LogP contribution in [0.4, 0.5) is 17.6 Å². The molecule has 182 valence electrons. The molecule has 3 rings (SSSR count). The highest BCUT2D eigenvalue weighted by Gasteiger charge is 2.32. The first-order valence-electron chi connectivity index (χ1n) is 10.4. The van der Waals surface area contributed by atoms with Crippen LogP contribution in [0.1, 0.15) is 47.8 Å². The van der Waals surface area contributed by atoms with E-state index in [1.54, 1.807) is 6.92 Å². The molecule has 10 heteroatoms. The van der Waals surface area contributed by atoms with Gasteiger partial charge in [-0.05, 0) is 48.7 Å². The number of hydrogen-bond donors (Lipinski definition) is 0. The smallest absolute Gasteiger partial charge is 0.549 e. The summed E-state index contributed by atoms with van der Waals surface area (Å²) in [5.74, 6) is -4.90. The zero-order valence-electron chi connectivity index (χ0n) is 18.8. The van der Waals surface area contributed by atoms with Gasteiger partial charge < -0.3 is 19.4 Å². The molecule has 2 atom stereocenters. The summed E-state index contributed by atoms with van der Waals surface area (Å²) in [6.07, 6.45) is -4.39. The normalized spacial score (nSPS) is 13.5. The highest BCUT2D eigenvalue weighted by Crippen LogP contribution is 2.39. The number of ether oxygens (including phenoxy) is 2. The number of aliphatic carboxylic acids is 1. The van der Waals surface area contributed by atoms with Crippen LogP contribution < -0.4 is 14.6 Å². The Morgan fingerprint density at radius 2 is 1.76 bits per heavy atom. The van der Waals surface area contributed by atoms with Crippen LogP contribution >= 0.6 is 0 Å². The van der Waals surface area contributed by atoms with Crippen LogP contribution in [0.3, 0.4) is 0 Å². The number of hydrogen-bond acceptors (Lipinski definition) is 5. The number of aromatic nitrogens is 1. The molecule has 1 heterocycles. The second-order valence-corrected chi connectivity index (χ2v) is 7.90. The van der Waals surface area contributed by atoms with Crippen molar-refractivity contribution in [2.24, 2.45) is 5.92 Å². The lowest BCUT2D eigenvalue weighted by Crippen LogP contribution is -2.33. The highest BCUT2D eigenvalue weighted by molar-refractivity contribution is 6.05. The molecule has 0 spiro atoms. The molecule has 3 aromatic rings. The number of carboxylic acids is 1. The van der Waals surface area contributed by atoms with Gasteiger partial charge in [0.25, 0.3) is 5.91 Å². The lowest BCUT2D eigenvalue weighted by atomic mass is 9.84. The van der Waals surface area contributed by atoms with Gasteiger partial charge in [0, 0.05) is 34.6 Å². The molecule has 0 radical (unpaired) electrons. The van der Waals surface area contributed by atoms with Crippen molar-refractivity contribution in [2.45, 2.75) is 39.5 Å². The number of carbonyl (C=O) groups is 2. The maximum absolute atomic E-state index is 14.6. The number of methoxy groups -OCH3 is 1. The molecule has 0 saturated carbocycles. The van der Waals surface area contributed by atoms with Crippen molar-refractivity contribution in [3.05, 3.63) is 59.0 Å². The van der Waals surface area contributed by atoms with E-state index >= 15 is 0 Å². The monoisotopic (exact) mass is 480 g/mol. The fraction of sp³-hybridized carbons (Fsp3) is 0.333. The zero-order valence-corrected chi connectivity index (χ0v) is 18.8. The Hall–Kier alpha value is -3.56. The molecule has 6 nitrogen and oxygen atoms in total. The maximum Gasteiger partial charge on any atom is 0.573 e. The molecular weight excluding hydrogens is 458 g/mol. The molecule has 34 heavy (non-hydrogen) atoms. The van der Waals surface area contributed by atoms with E-state index in [1.165, 1.54) is 20.1 Å². The standard InChI is InChI=1S/C24H23F4NO5/c1-5-12(2)20(23(31)32)21-13(3)29(18-11-17(25)19(33-4)10-16(18)21)22(30)14-6-8-15(9-7-14)34-24(26,27)28/h6-12,20H,5H2,1-4H3,(H,31,32)/p-1/t12?,20-/m0/s1. The Kier molecular flexibility index (Phi) is 6.90. The van der Waals surface area contributed by atoms with Crippen LogP contribution in [0.25, 0.3) is 10.9 Å². The fourth-order valence-corrected chi connectivity index (χ4v) is 4.05. The Morgan fingerprint density at radius 3 is 2.26 bits per heavy atom. The van der Waals surface area contributed by atoms with E-state index in [0.717, 1.165) is 34.9 Å². The van der Waals surface area contributed by atoms with Crippen molar-refractivity contribution in [1.82, 2.24) is 4.57 Å². The third-order valence-corrected chi connectivity index (χ3v) is 5.84. The minimum atomic E-state index is -4.89. The minimum absolute atomic E-state index is 0.00848.